The van der Waals surface area contributed by atoms with E-state index in [-0.39, 0.29) is 23.9 Å². The molecule has 0 aromatic heterocycles. The van der Waals surface area contributed by atoms with Crippen LogP contribution in [0.1, 0.15) is 30.9 Å². The molecule has 0 heterocycles. The standard InChI is InChI=1S/C23H24O4/c1-4-5-6-9-13(2)23(25)27-22-20-18-16-11-8-7-10-15(16)12-17(18)19(20)21(22)26-14(3)24/h4-11,17-22H,2,12H2,1,3H3/b5-4-,9-6-/t17?,18?,19?,20-,21?,22?/m1/s1. The van der Waals surface area contributed by atoms with Crippen molar-refractivity contribution in [3.05, 3.63) is 71.8 Å². The summed E-state index contributed by atoms with van der Waals surface area (Å²) in [4.78, 5) is 24.0. The van der Waals surface area contributed by atoms with Gasteiger partial charge in [0.1, 0.15) is 12.2 Å². The zero-order valence-corrected chi connectivity index (χ0v) is 15.6. The third kappa shape index (κ3) is 2.84. The first-order chi connectivity index (χ1) is 13.0. The summed E-state index contributed by atoms with van der Waals surface area (Å²) in [5.74, 6) is 0.582. The summed E-state index contributed by atoms with van der Waals surface area (Å²) in [6.07, 6.45) is 7.35. The van der Waals surface area contributed by atoms with Crippen molar-refractivity contribution in [2.45, 2.75) is 38.4 Å². The van der Waals surface area contributed by atoms with Gasteiger partial charge in [0.2, 0.25) is 0 Å². The lowest BCUT2D eigenvalue weighted by atomic mass is 9.44. The molecular weight excluding hydrogens is 340 g/mol. The first kappa shape index (κ1) is 17.8. The number of ether oxygens (including phenoxy) is 2. The maximum atomic E-state index is 12.4. The van der Waals surface area contributed by atoms with Gasteiger partial charge in [-0.1, -0.05) is 49.1 Å². The lowest BCUT2D eigenvalue weighted by Gasteiger charge is -2.64. The Morgan fingerprint density at radius 3 is 2.59 bits per heavy atom. The Hall–Kier alpha value is -2.62. The molecule has 0 radical (unpaired) electrons. The molecule has 3 aliphatic rings. The molecule has 0 spiro atoms. The van der Waals surface area contributed by atoms with Crippen LogP contribution >= 0.6 is 0 Å². The number of benzene rings is 1. The van der Waals surface area contributed by atoms with E-state index in [1.807, 2.05) is 19.1 Å². The highest BCUT2D eigenvalue weighted by Gasteiger charge is 2.71. The molecule has 3 aliphatic carbocycles. The molecule has 0 bridgehead atoms. The fraction of sp³-hybridized carbons (Fsp3) is 0.391. The fourth-order valence-electron chi connectivity index (χ4n) is 5.12. The zero-order chi connectivity index (χ0) is 19.1. The largest absolute Gasteiger partial charge is 0.458 e. The maximum absolute atomic E-state index is 12.4. The minimum absolute atomic E-state index is 0.222. The van der Waals surface area contributed by atoms with Crippen molar-refractivity contribution < 1.29 is 19.1 Å². The van der Waals surface area contributed by atoms with Gasteiger partial charge in [-0.3, -0.25) is 4.79 Å². The second-order valence-electron chi connectivity index (χ2n) is 7.60. The van der Waals surface area contributed by atoms with Gasteiger partial charge >= 0.3 is 11.9 Å². The van der Waals surface area contributed by atoms with E-state index in [2.05, 4.69) is 30.8 Å². The van der Waals surface area contributed by atoms with Gasteiger partial charge in [0, 0.05) is 18.8 Å². The SMILES string of the molecule is C=C(/C=C\C=C/C)C(=O)OC1C(OC(C)=O)C2C3Cc4ccccc4C3[C@@H]12. The van der Waals surface area contributed by atoms with Gasteiger partial charge < -0.3 is 9.47 Å². The molecule has 0 amide bonds. The van der Waals surface area contributed by atoms with E-state index in [0.717, 1.165) is 6.42 Å². The van der Waals surface area contributed by atoms with Gasteiger partial charge in [-0.25, -0.2) is 4.79 Å². The third-order valence-electron chi connectivity index (χ3n) is 6.18. The molecule has 0 saturated heterocycles. The second-order valence-corrected chi connectivity index (χ2v) is 7.60. The molecule has 1 aromatic rings. The second kappa shape index (κ2) is 6.84. The predicted molar refractivity (Wildman–Crippen MR) is 102 cm³/mol. The Bertz CT molecular complexity index is 850. The topological polar surface area (TPSA) is 52.6 Å². The zero-order valence-electron chi connectivity index (χ0n) is 15.6. The molecule has 0 aliphatic heterocycles. The van der Waals surface area contributed by atoms with Crippen LogP contribution in [0.3, 0.4) is 0 Å². The summed E-state index contributed by atoms with van der Waals surface area (Å²) < 4.78 is 11.3. The Labute approximate surface area is 159 Å². The Morgan fingerprint density at radius 1 is 1.11 bits per heavy atom. The Kier molecular flexibility index (Phi) is 4.50. The molecule has 2 fully saturated rings. The van der Waals surface area contributed by atoms with Crippen molar-refractivity contribution in [1.82, 2.24) is 0 Å². The van der Waals surface area contributed by atoms with Crippen molar-refractivity contribution >= 4 is 11.9 Å². The quantitative estimate of drug-likeness (QED) is 0.454. The van der Waals surface area contributed by atoms with Crippen molar-refractivity contribution in [3.8, 4) is 0 Å². The van der Waals surface area contributed by atoms with Crippen molar-refractivity contribution in [3.63, 3.8) is 0 Å². The van der Waals surface area contributed by atoms with Crippen LogP contribution in [0.4, 0.5) is 0 Å². The number of fused-ring (bicyclic) bond motifs is 6. The summed E-state index contributed by atoms with van der Waals surface area (Å²) in [6.45, 7) is 7.09. The predicted octanol–water partition coefficient (Wildman–Crippen LogP) is 3.73. The smallest absolute Gasteiger partial charge is 0.337 e. The number of allylic oxidation sites excluding steroid dienone is 3. The molecular formula is C23H24O4. The average Bonchev–Trinajstić information content (AvgIpc) is 2.93. The highest BCUT2D eigenvalue weighted by Crippen LogP contribution is 2.68. The van der Waals surface area contributed by atoms with Gasteiger partial charge in [-0.15, -0.1) is 0 Å². The number of carbonyl (C=O) groups is 2. The lowest BCUT2D eigenvalue weighted by molar-refractivity contribution is -0.259. The summed E-state index contributed by atoms with van der Waals surface area (Å²) >= 11 is 0. The van der Waals surface area contributed by atoms with E-state index in [9.17, 15) is 9.59 Å². The van der Waals surface area contributed by atoms with E-state index in [1.165, 1.54) is 18.1 Å². The average molecular weight is 364 g/mol. The van der Waals surface area contributed by atoms with E-state index in [4.69, 9.17) is 9.47 Å². The van der Waals surface area contributed by atoms with Crippen LogP contribution in [0.25, 0.3) is 0 Å². The minimum Gasteiger partial charge on any atom is -0.458 e. The van der Waals surface area contributed by atoms with Crippen LogP contribution in [-0.2, 0) is 25.5 Å². The molecule has 140 valence electrons. The maximum Gasteiger partial charge on any atom is 0.337 e. The van der Waals surface area contributed by atoms with Crippen LogP contribution in [-0.4, -0.2) is 24.1 Å². The van der Waals surface area contributed by atoms with E-state index in [1.54, 1.807) is 12.2 Å². The van der Waals surface area contributed by atoms with Gasteiger partial charge in [-0.2, -0.15) is 0 Å². The Balaban J connectivity index is 1.51. The van der Waals surface area contributed by atoms with Gasteiger partial charge in [-0.05, 0) is 42.4 Å². The molecule has 5 unspecified atom stereocenters. The number of hydrogen-bond acceptors (Lipinski definition) is 4. The molecule has 6 atom stereocenters. The lowest BCUT2D eigenvalue weighted by Crippen LogP contribution is -2.70. The van der Waals surface area contributed by atoms with E-state index in [0.29, 0.717) is 17.4 Å². The van der Waals surface area contributed by atoms with Crippen LogP contribution in [0.15, 0.2) is 60.7 Å². The number of rotatable bonds is 5. The number of carbonyl (C=O) groups excluding carboxylic acids is 2. The van der Waals surface area contributed by atoms with Crippen LogP contribution < -0.4 is 0 Å². The third-order valence-corrected chi connectivity index (χ3v) is 6.18. The molecule has 4 nitrogen and oxygen atoms in total. The summed E-state index contributed by atoms with van der Waals surface area (Å²) in [7, 11) is 0. The highest BCUT2D eigenvalue weighted by molar-refractivity contribution is 5.91. The summed E-state index contributed by atoms with van der Waals surface area (Å²) in [5.41, 5.74) is 3.02. The molecule has 0 N–H and O–H groups in total. The summed E-state index contributed by atoms with van der Waals surface area (Å²) in [6, 6.07) is 8.47. The van der Waals surface area contributed by atoms with Gasteiger partial charge in [0.05, 0.1) is 5.57 Å². The molecule has 4 heteroatoms. The first-order valence-corrected chi connectivity index (χ1v) is 9.47. The fourth-order valence-corrected chi connectivity index (χ4v) is 5.12. The molecule has 2 saturated carbocycles. The van der Waals surface area contributed by atoms with E-state index < -0.39 is 12.1 Å². The highest BCUT2D eigenvalue weighted by atomic mass is 16.6. The van der Waals surface area contributed by atoms with E-state index >= 15 is 0 Å². The molecule has 4 rings (SSSR count). The minimum atomic E-state index is -0.453. The summed E-state index contributed by atoms with van der Waals surface area (Å²) in [5, 5.41) is 0. The van der Waals surface area contributed by atoms with Crippen molar-refractivity contribution in [2.75, 3.05) is 0 Å². The monoisotopic (exact) mass is 364 g/mol. The van der Waals surface area contributed by atoms with Gasteiger partial charge in [0.15, 0.2) is 0 Å². The van der Waals surface area contributed by atoms with Crippen LogP contribution in [0, 0.1) is 17.8 Å². The first-order valence-electron chi connectivity index (χ1n) is 9.47. The van der Waals surface area contributed by atoms with Crippen molar-refractivity contribution in [2.24, 2.45) is 17.8 Å². The number of hydrogen-bond donors (Lipinski definition) is 0. The molecule has 1 aromatic carbocycles. The Morgan fingerprint density at radius 2 is 1.85 bits per heavy atom. The van der Waals surface area contributed by atoms with Crippen LogP contribution in [0.2, 0.25) is 0 Å². The molecule has 27 heavy (non-hydrogen) atoms. The van der Waals surface area contributed by atoms with Gasteiger partial charge in [0.25, 0.3) is 0 Å². The normalized spacial score (nSPS) is 32.8. The van der Waals surface area contributed by atoms with Crippen LogP contribution in [0.5, 0.6) is 0 Å². The number of esters is 2. The van der Waals surface area contributed by atoms with Crippen molar-refractivity contribution in [1.29, 1.82) is 0 Å².